The number of nitrogens with zero attached hydrogens (tertiary/aromatic N) is 1. The zero-order valence-corrected chi connectivity index (χ0v) is 17.8. The van der Waals surface area contributed by atoms with Crippen LogP contribution in [0.4, 0.5) is 9.18 Å². The average Bonchev–Trinajstić information content (AvgIpc) is 3.06. The first-order valence-electron chi connectivity index (χ1n) is 10.1. The molecule has 6 nitrogen and oxygen atoms in total. The SMILES string of the molecule is CC(C)(C)OC(=O)CC(C(=O)N1C(=O)OCC1Cc1ccccc1)c1ccc(F)cc1. The minimum Gasteiger partial charge on any atom is -0.460 e. The molecule has 0 radical (unpaired) electrons. The average molecular weight is 427 g/mol. The molecule has 0 spiro atoms. The van der Waals surface area contributed by atoms with Crippen LogP contribution >= 0.6 is 0 Å². The zero-order chi connectivity index (χ0) is 22.6. The number of benzene rings is 2. The predicted molar refractivity (Wildman–Crippen MR) is 112 cm³/mol. The monoisotopic (exact) mass is 427 g/mol. The van der Waals surface area contributed by atoms with E-state index in [1.807, 2.05) is 30.3 Å². The van der Waals surface area contributed by atoms with Gasteiger partial charge < -0.3 is 9.47 Å². The first kappa shape index (κ1) is 22.5. The number of imide groups is 1. The van der Waals surface area contributed by atoms with E-state index < -0.39 is 41.3 Å². The van der Waals surface area contributed by atoms with Gasteiger partial charge in [0.1, 0.15) is 18.0 Å². The molecule has 7 heteroatoms. The number of esters is 1. The van der Waals surface area contributed by atoms with Gasteiger partial charge in [-0.05, 0) is 50.5 Å². The lowest BCUT2D eigenvalue weighted by Crippen LogP contribution is -2.43. The van der Waals surface area contributed by atoms with Gasteiger partial charge in [-0.1, -0.05) is 42.5 Å². The lowest BCUT2D eigenvalue weighted by Gasteiger charge is -2.26. The Labute approximate surface area is 180 Å². The van der Waals surface area contributed by atoms with Crippen molar-refractivity contribution in [3.63, 3.8) is 0 Å². The summed E-state index contributed by atoms with van der Waals surface area (Å²) in [5.74, 6) is -2.61. The summed E-state index contributed by atoms with van der Waals surface area (Å²) >= 11 is 0. The minimum absolute atomic E-state index is 0.0715. The molecule has 0 N–H and O–H groups in total. The Kier molecular flexibility index (Phi) is 6.73. The summed E-state index contributed by atoms with van der Waals surface area (Å²) in [6.07, 6.45) is -0.591. The van der Waals surface area contributed by atoms with Crippen LogP contribution < -0.4 is 0 Å². The summed E-state index contributed by atoms with van der Waals surface area (Å²) in [5, 5.41) is 0. The van der Waals surface area contributed by atoms with Gasteiger partial charge in [0.05, 0.1) is 18.4 Å². The van der Waals surface area contributed by atoms with Crippen LogP contribution in [-0.4, -0.2) is 41.1 Å². The predicted octanol–water partition coefficient (Wildman–Crippen LogP) is 4.23. The number of ether oxygens (including phenoxy) is 2. The molecule has 3 rings (SSSR count). The lowest BCUT2D eigenvalue weighted by molar-refractivity contribution is -0.157. The van der Waals surface area contributed by atoms with Crippen molar-refractivity contribution in [2.45, 2.75) is 51.2 Å². The Morgan fingerprint density at radius 2 is 1.77 bits per heavy atom. The molecule has 1 fully saturated rings. The van der Waals surface area contributed by atoms with Gasteiger partial charge in [0.25, 0.3) is 0 Å². The van der Waals surface area contributed by atoms with E-state index in [1.54, 1.807) is 20.8 Å². The number of halogens is 1. The van der Waals surface area contributed by atoms with Crippen molar-refractivity contribution in [3.8, 4) is 0 Å². The summed E-state index contributed by atoms with van der Waals surface area (Å²) < 4.78 is 24.0. The maximum atomic E-state index is 13.5. The van der Waals surface area contributed by atoms with Crippen LogP contribution in [0.3, 0.4) is 0 Å². The molecule has 2 atom stereocenters. The molecule has 1 aliphatic rings. The lowest BCUT2D eigenvalue weighted by atomic mass is 9.93. The number of cyclic esters (lactones) is 1. The number of hydrogen-bond acceptors (Lipinski definition) is 5. The van der Waals surface area contributed by atoms with Crippen molar-refractivity contribution in [1.29, 1.82) is 0 Å². The van der Waals surface area contributed by atoms with Crippen molar-refractivity contribution in [1.82, 2.24) is 4.90 Å². The molecule has 0 aromatic heterocycles. The van der Waals surface area contributed by atoms with Crippen LogP contribution in [0.1, 0.15) is 44.2 Å². The van der Waals surface area contributed by atoms with Gasteiger partial charge in [-0.3, -0.25) is 9.59 Å². The maximum Gasteiger partial charge on any atom is 0.417 e. The van der Waals surface area contributed by atoms with Gasteiger partial charge in [0, 0.05) is 0 Å². The van der Waals surface area contributed by atoms with E-state index in [2.05, 4.69) is 0 Å². The van der Waals surface area contributed by atoms with Gasteiger partial charge in [0.2, 0.25) is 5.91 Å². The topological polar surface area (TPSA) is 72.9 Å². The molecule has 0 saturated carbocycles. The molecule has 31 heavy (non-hydrogen) atoms. The van der Waals surface area contributed by atoms with Gasteiger partial charge in [0.15, 0.2) is 0 Å². The summed E-state index contributed by atoms with van der Waals surface area (Å²) in [4.78, 5) is 39.5. The van der Waals surface area contributed by atoms with E-state index in [-0.39, 0.29) is 13.0 Å². The second-order valence-electron chi connectivity index (χ2n) is 8.52. The highest BCUT2D eigenvalue weighted by Crippen LogP contribution is 2.28. The minimum atomic E-state index is -1.00. The van der Waals surface area contributed by atoms with Crippen LogP contribution in [0.25, 0.3) is 0 Å². The Hall–Kier alpha value is -3.22. The molecule has 1 saturated heterocycles. The second kappa shape index (κ2) is 9.29. The van der Waals surface area contributed by atoms with Crippen LogP contribution in [0.15, 0.2) is 54.6 Å². The van der Waals surface area contributed by atoms with Gasteiger partial charge in [-0.2, -0.15) is 0 Å². The van der Waals surface area contributed by atoms with E-state index in [0.29, 0.717) is 12.0 Å². The molecular formula is C24H26FNO5. The molecule has 2 aromatic carbocycles. The second-order valence-corrected chi connectivity index (χ2v) is 8.52. The third-order valence-electron chi connectivity index (χ3n) is 4.87. The van der Waals surface area contributed by atoms with Crippen molar-refractivity contribution in [3.05, 3.63) is 71.5 Å². The van der Waals surface area contributed by atoms with Gasteiger partial charge in [-0.15, -0.1) is 0 Å². The molecule has 0 aliphatic carbocycles. The summed E-state index contributed by atoms with van der Waals surface area (Å²) in [6, 6.07) is 14.3. The van der Waals surface area contributed by atoms with Crippen molar-refractivity contribution in [2.24, 2.45) is 0 Å². The van der Waals surface area contributed by atoms with E-state index in [0.717, 1.165) is 10.5 Å². The quantitative estimate of drug-likeness (QED) is 0.645. The third-order valence-corrected chi connectivity index (χ3v) is 4.87. The first-order valence-corrected chi connectivity index (χ1v) is 10.1. The zero-order valence-electron chi connectivity index (χ0n) is 17.8. The smallest absolute Gasteiger partial charge is 0.417 e. The van der Waals surface area contributed by atoms with Crippen LogP contribution in [0.5, 0.6) is 0 Å². The van der Waals surface area contributed by atoms with Crippen molar-refractivity contribution >= 4 is 18.0 Å². The highest BCUT2D eigenvalue weighted by molar-refractivity contribution is 5.98. The molecule has 1 aliphatic heterocycles. The summed E-state index contributed by atoms with van der Waals surface area (Å²) in [7, 11) is 0. The van der Waals surface area contributed by atoms with Crippen molar-refractivity contribution in [2.75, 3.05) is 6.61 Å². The highest BCUT2D eigenvalue weighted by Gasteiger charge is 2.42. The van der Waals surface area contributed by atoms with Crippen molar-refractivity contribution < 1.29 is 28.2 Å². The fourth-order valence-corrected chi connectivity index (χ4v) is 3.53. The number of carbonyl (C=O) groups is 3. The largest absolute Gasteiger partial charge is 0.460 e. The Morgan fingerprint density at radius 1 is 1.13 bits per heavy atom. The van der Waals surface area contributed by atoms with E-state index in [4.69, 9.17) is 9.47 Å². The first-order chi connectivity index (χ1) is 14.6. The molecule has 2 aromatic rings. The number of rotatable bonds is 6. The van der Waals surface area contributed by atoms with E-state index in [9.17, 15) is 18.8 Å². The summed E-state index contributed by atoms with van der Waals surface area (Å²) in [5.41, 5.74) is 0.653. The van der Waals surface area contributed by atoms with Crippen LogP contribution in [0, 0.1) is 5.82 Å². The molecule has 2 unspecified atom stereocenters. The number of carbonyl (C=O) groups excluding carboxylic acids is 3. The molecule has 1 heterocycles. The highest BCUT2D eigenvalue weighted by atomic mass is 19.1. The van der Waals surface area contributed by atoms with E-state index >= 15 is 0 Å². The normalized spacial score (nSPS) is 17.2. The number of hydrogen-bond donors (Lipinski definition) is 0. The molecular weight excluding hydrogens is 401 g/mol. The van der Waals surface area contributed by atoms with Crippen LogP contribution in [0.2, 0.25) is 0 Å². The summed E-state index contributed by atoms with van der Waals surface area (Å²) in [6.45, 7) is 5.26. The van der Waals surface area contributed by atoms with Crippen LogP contribution in [-0.2, 0) is 25.5 Å². The Balaban J connectivity index is 1.87. The molecule has 2 amide bonds. The Bertz CT molecular complexity index is 937. The van der Waals surface area contributed by atoms with E-state index in [1.165, 1.54) is 24.3 Å². The van der Waals surface area contributed by atoms with Gasteiger partial charge >= 0.3 is 12.1 Å². The fraction of sp³-hybridized carbons (Fsp3) is 0.375. The number of amides is 2. The third kappa shape index (κ3) is 5.90. The maximum absolute atomic E-state index is 13.5. The van der Waals surface area contributed by atoms with Gasteiger partial charge in [-0.25, -0.2) is 14.1 Å². The standard InChI is InChI=1S/C24H26FNO5/c1-24(2,3)31-21(27)14-20(17-9-11-18(25)12-10-17)22(28)26-19(15-30-23(26)29)13-16-7-5-4-6-8-16/h4-12,19-20H,13-15H2,1-3H3. The fourth-order valence-electron chi connectivity index (χ4n) is 3.53. The molecule has 164 valence electrons. The molecule has 0 bridgehead atoms. The Morgan fingerprint density at radius 3 is 2.39 bits per heavy atom.